The number of nitrogens with two attached hydrogens (primary N) is 2. The van der Waals surface area contributed by atoms with E-state index in [1.807, 2.05) is 0 Å². The van der Waals surface area contributed by atoms with Gasteiger partial charge < -0.3 is 11.5 Å². The Kier molecular flexibility index (Phi) is 5.51. The molecular formula is C10H24N2. The lowest BCUT2D eigenvalue weighted by molar-refractivity contribution is 0.341. The van der Waals surface area contributed by atoms with E-state index in [2.05, 4.69) is 20.8 Å². The topological polar surface area (TPSA) is 52.0 Å². The summed E-state index contributed by atoms with van der Waals surface area (Å²) >= 11 is 0. The zero-order valence-corrected chi connectivity index (χ0v) is 8.77. The molecule has 0 aromatic rings. The second-order valence-corrected chi connectivity index (χ2v) is 3.78. The van der Waals surface area contributed by atoms with Crippen LogP contribution in [-0.2, 0) is 0 Å². The fourth-order valence-electron chi connectivity index (χ4n) is 1.28. The molecule has 0 heterocycles. The molecule has 4 N–H and O–H groups in total. The molecule has 0 bridgehead atoms. The van der Waals surface area contributed by atoms with E-state index in [0.29, 0.717) is 6.04 Å². The molecule has 0 aliphatic rings. The van der Waals surface area contributed by atoms with Gasteiger partial charge in [-0.1, -0.05) is 20.8 Å². The maximum atomic E-state index is 6.14. The van der Waals surface area contributed by atoms with E-state index in [0.717, 1.165) is 32.1 Å². The monoisotopic (exact) mass is 172 g/mol. The van der Waals surface area contributed by atoms with Gasteiger partial charge in [0.1, 0.15) is 0 Å². The highest BCUT2D eigenvalue weighted by atomic mass is 14.7. The molecule has 74 valence electrons. The van der Waals surface area contributed by atoms with Crippen LogP contribution in [0.3, 0.4) is 0 Å². The average Bonchev–Trinajstić information content (AvgIpc) is 2.13. The predicted molar refractivity (Wildman–Crippen MR) is 55.0 cm³/mol. The molecular weight excluding hydrogens is 148 g/mol. The zero-order valence-electron chi connectivity index (χ0n) is 8.77. The Morgan fingerprint density at radius 2 is 1.67 bits per heavy atom. The summed E-state index contributed by atoms with van der Waals surface area (Å²) < 4.78 is 0. The van der Waals surface area contributed by atoms with Crippen LogP contribution in [0.4, 0.5) is 0 Å². The third-order valence-corrected chi connectivity index (χ3v) is 2.95. The standard InChI is InChI=1S/C10H24N2/c1-4-9(11)7-8-10(12,5-2)6-3/h9H,4-8,11-12H2,1-3H3. The molecule has 0 saturated heterocycles. The molecule has 0 radical (unpaired) electrons. The van der Waals surface area contributed by atoms with E-state index in [1.165, 1.54) is 0 Å². The summed E-state index contributed by atoms with van der Waals surface area (Å²) in [5.41, 5.74) is 12.0. The highest BCUT2D eigenvalue weighted by Crippen LogP contribution is 2.19. The first kappa shape index (κ1) is 11.9. The van der Waals surface area contributed by atoms with Crippen molar-refractivity contribution in [3.8, 4) is 0 Å². The molecule has 0 saturated carbocycles. The van der Waals surface area contributed by atoms with Gasteiger partial charge >= 0.3 is 0 Å². The number of hydrogen-bond acceptors (Lipinski definition) is 2. The largest absolute Gasteiger partial charge is 0.328 e. The lowest BCUT2D eigenvalue weighted by Crippen LogP contribution is -2.39. The van der Waals surface area contributed by atoms with Crippen molar-refractivity contribution in [3.63, 3.8) is 0 Å². The molecule has 2 nitrogen and oxygen atoms in total. The molecule has 0 spiro atoms. The van der Waals surface area contributed by atoms with Gasteiger partial charge in [0.25, 0.3) is 0 Å². The first-order chi connectivity index (χ1) is 5.58. The summed E-state index contributed by atoms with van der Waals surface area (Å²) in [7, 11) is 0. The van der Waals surface area contributed by atoms with E-state index >= 15 is 0 Å². The van der Waals surface area contributed by atoms with Crippen LogP contribution in [0.25, 0.3) is 0 Å². The van der Waals surface area contributed by atoms with Gasteiger partial charge in [0, 0.05) is 11.6 Å². The fraction of sp³-hybridized carbons (Fsp3) is 1.00. The number of rotatable bonds is 6. The molecule has 0 aliphatic heterocycles. The quantitative estimate of drug-likeness (QED) is 0.644. The Morgan fingerprint density at radius 3 is 2.00 bits per heavy atom. The van der Waals surface area contributed by atoms with Crippen molar-refractivity contribution in [2.45, 2.75) is 64.5 Å². The van der Waals surface area contributed by atoms with Crippen LogP contribution in [0.2, 0.25) is 0 Å². The SMILES string of the molecule is CCC(N)CCC(N)(CC)CC. The van der Waals surface area contributed by atoms with Gasteiger partial charge in [-0.2, -0.15) is 0 Å². The Balaban J connectivity index is 3.72. The van der Waals surface area contributed by atoms with E-state index in [9.17, 15) is 0 Å². The van der Waals surface area contributed by atoms with Crippen LogP contribution in [0.15, 0.2) is 0 Å². The minimum atomic E-state index is 0.0345. The van der Waals surface area contributed by atoms with Crippen LogP contribution in [0, 0.1) is 0 Å². The highest BCUT2D eigenvalue weighted by molar-refractivity contribution is 4.82. The second-order valence-electron chi connectivity index (χ2n) is 3.78. The van der Waals surface area contributed by atoms with Crippen molar-refractivity contribution in [2.75, 3.05) is 0 Å². The Labute approximate surface area is 76.7 Å². The van der Waals surface area contributed by atoms with Crippen LogP contribution in [0.1, 0.15) is 52.9 Å². The molecule has 12 heavy (non-hydrogen) atoms. The van der Waals surface area contributed by atoms with E-state index < -0.39 is 0 Å². The summed E-state index contributed by atoms with van der Waals surface area (Å²) in [4.78, 5) is 0. The first-order valence-electron chi connectivity index (χ1n) is 5.12. The lowest BCUT2D eigenvalue weighted by Gasteiger charge is -2.27. The van der Waals surface area contributed by atoms with Gasteiger partial charge in [-0.25, -0.2) is 0 Å². The van der Waals surface area contributed by atoms with Crippen LogP contribution >= 0.6 is 0 Å². The third-order valence-electron chi connectivity index (χ3n) is 2.95. The molecule has 0 rings (SSSR count). The summed E-state index contributed by atoms with van der Waals surface area (Å²) in [6.07, 6.45) is 5.30. The van der Waals surface area contributed by atoms with Crippen molar-refractivity contribution in [1.29, 1.82) is 0 Å². The van der Waals surface area contributed by atoms with Crippen LogP contribution in [-0.4, -0.2) is 11.6 Å². The zero-order chi connectivity index (χ0) is 9.61. The molecule has 2 heteroatoms. The molecule has 0 aromatic carbocycles. The van der Waals surface area contributed by atoms with Crippen molar-refractivity contribution < 1.29 is 0 Å². The van der Waals surface area contributed by atoms with Crippen molar-refractivity contribution in [1.82, 2.24) is 0 Å². The van der Waals surface area contributed by atoms with Gasteiger partial charge in [-0.3, -0.25) is 0 Å². The van der Waals surface area contributed by atoms with Gasteiger partial charge in [0.2, 0.25) is 0 Å². The molecule has 1 unspecified atom stereocenters. The minimum absolute atomic E-state index is 0.0345. The van der Waals surface area contributed by atoms with Crippen molar-refractivity contribution in [3.05, 3.63) is 0 Å². The van der Waals surface area contributed by atoms with Crippen LogP contribution < -0.4 is 11.5 Å². The van der Waals surface area contributed by atoms with E-state index in [1.54, 1.807) is 0 Å². The van der Waals surface area contributed by atoms with Crippen molar-refractivity contribution >= 4 is 0 Å². The lowest BCUT2D eigenvalue weighted by atomic mass is 9.87. The van der Waals surface area contributed by atoms with Gasteiger partial charge in [0.15, 0.2) is 0 Å². The Hall–Kier alpha value is -0.0800. The summed E-state index contributed by atoms with van der Waals surface area (Å²) in [6.45, 7) is 6.43. The van der Waals surface area contributed by atoms with E-state index in [4.69, 9.17) is 11.5 Å². The maximum absolute atomic E-state index is 6.14. The summed E-state index contributed by atoms with van der Waals surface area (Å²) in [6, 6.07) is 0.339. The van der Waals surface area contributed by atoms with Crippen LogP contribution in [0.5, 0.6) is 0 Å². The van der Waals surface area contributed by atoms with Gasteiger partial charge in [-0.15, -0.1) is 0 Å². The molecule has 0 aromatic heterocycles. The van der Waals surface area contributed by atoms with Gasteiger partial charge in [0.05, 0.1) is 0 Å². The normalized spacial score (nSPS) is 14.8. The smallest absolute Gasteiger partial charge is 0.0149 e. The fourth-order valence-corrected chi connectivity index (χ4v) is 1.28. The highest BCUT2D eigenvalue weighted by Gasteiger charge is 2.20. The molecule has 0 fully saturated rings. The third kappa shape index (κ3) is 4.07. The van der Waals surface area contributed by atoms with Crippen molar-refractivity contribution in [2.24, 2.45) is 11.5 Å². The first-order valence-corrected chi connectivity index (χ1v) is 5.12. The predicted octanol–water partition coefficient (Wildman–Crippen LogP) is 2.02. The molecule has 0 amide bonds. The summed E-state index contributed by atoms with van der Waals surface area (Å²) in [5, 5.41) is 0. The van der Waals surface area contributed by atoms with Gasteiger partial charge in [-0.05, 0) is 32.1 Å². The Morgan fingerprint density at radius 1 is 1.17 bits per heavy atom. The molecule has 0 aliphatic carbocycles. The summed E-state index contributed by atoms with van der Waals surface area (Å²) in [5.74, 6) is 0. The second kappa shape index (κ2) is 5.55. The average molecular weight is 172 g/mol. The number of hydrogen-bond donors (Lipinski definition) is 2. The van der Waals surface area contributed by atoms with E-state index in [-0.39, 0.29) is 5.54 Å². The Bertz CT molecular complexity index is 108. The molecule has 1 atom stereocenters. The minimum Gasteiger partial charge on any atom is -0.328 e. The maximum Gasteiger partial charge on any atom is 0.0149 e.